The number of anilines is 1. The molecule has 0 unspecified atom stereocenters. The molecule has 0 atom stereocenters. The van der Waals surface area contributed by atoms with Gasteiger partial charge in [-0.2, -0.15) is 0 Å². The number of nitrogens with one attached hydrogen (secondary N) is 2. The summed E-state index contributed by atoms with van der Waals surface area (Å²) in [7, 11) is 2.00. The van der Waals surface area contributed by atoms with Crippen LogP contribution in [0.2, 0.25) is 0 Å². The summed E-state index contributed by atoms with van der Waals surface area (Å²) >= 11 is 1.65. The average molecular weight is 412 g/mol. The number of nitrogens with zero attached hydrogens (tertiary/aromatic N) is 3. The van der Waals surface area contributed by atoms with E-state index in [-0.39, 0.29) is 11.7 Å². The maximum absolute atomic E-state index is 12.0. The summed E-state index contributed by atoms with van der Waals surface area (Å²) in [6.07, 6.45) is 1.48. The van der Waals surface area contributed by atoms with Crippen LogP contribution in [0.15, 0.2) is 57.5 Å². The van der Waals surface area contributed by atoms with E-state index < -0.39 is 0 Å². The Hall–Kier alpha value is -3.13. The second kappa shape index (κ2) is 9.88. The van der Waals surface area contributed by atoms with Gasteiger partial charge in [-0.3, -0.25) is 4.79 Å². The number of thiazole rings is 1. The number of rotatable bonds is 7. The molecular formula is C21H25N5O2S. The standard InChI is InChI=1S/C21H25N5O2S/c1-4-22-21(26(3)13-18-14-29-15(2)24-18)23-12-16-7-9-17(10-8-16)25-20(27)19-6-5-11-28-19/h5-11,14H,4,12-13H2,1-3H3,(H,22,23)(H,25,27). The topological polar surface area (TPSA) is 82.8 Å². The smallest absolute Gasteiger partial charge is 0.291 e. The SMILES string of the molecule is CCNC(=NCc1ccc(NC(=O)c2ccco2)cc1)N(C)Cc1csc(C)n1. The predicted octanol–water partition coefficient (Wildman–Crippen LogP) is 3.89. The van der Waals surface area contributed by atoms with E-state index >= 15 is 0 Å². The summed E-state index contributed by atoms with van der Waals surface area (Å²) in [6.45, 7) is 6.08. The van der Waals surface area contributed by atoms with E-state index in [0.717, 1.165) is 28.8 Å². The summed E-state index contributed by atoms with van der Waals surface area (Å²) in [6, 6.07) is 10.9. The van der Waals surface area contributed by atoms with Gasteiger partial charge in [0.15, 0.2) is 11.7 Å². The first-order chi connectivity index (χ1) is 14.0. The zero-order valence-electron chi connectivity index (χ0n) is 16.8. The lowest BCUT2D eigenvalue weighted by atomic mass is 10.2. The van der Waals surface area contributed by atoms with Crippen molar-refractivity contribution in [3.63, 3.8) is 0 Å². The van der Waals surface area contributed by atoms with Crippen molar-refractivity contribution in [1.82, 2.24) is 15.2 Å². The van der Waals surface area contributed by atoms with E-state index in [1.807, 2.05) is 45.2 Å². The fourth-order valence-electron chi connectivity index (χ4n) is 2.73. The zero-order valence-corrected chi connectivity index (χ0v) is 17.6. The minimum atomic E-state index is -0.269. The lowest BCUT2D eigenvalue weighted by molar-refractivity contribution is 0.0996. The van der Waals surface area contributed by atoms with Gasteiger partial charge in [-0.15, -0.1) is 11.3 Å². The third kappa shape index (κ3) is 5.92. The normalized spacial score (nSPS) is 11.3. The van der Waals surface area contributed by atoms with E-state index in [1.54, 1.807) is 23.5 Å². The Morgan fingerprint density at radius 2 is 2.07 bits per heavy atom. The number of amides is 1. The van der Waals surface area contributed by atoms with Gasteiger partial charge in [-0.25, -0.2) is 9.98 Å². The van der Waals surface area contributed by atoms with Gasteiger partial charge in [0.05, 0.1) is 30.1 Å². The highest BCUT2D eigenvalue weighted by Gasteiger charge is 2.10. The monoisotopic (exact) mass is 411 g/mol. The Morgan fingerprint density at radius 1 is 1.28 bits per heavy atom. The molecule has 0 aliphatic rings. The van der Waals surface area contributed by atoms with E-state index in [9.17, 15) is 4.79 Å². The summed E-state index contributed by atoms with van der Waals surface area (Å²) in [5, 5.41) is 9.27. The molecule has 0 spiro atoms. The van der Waals surface area contributed by atoms with Crippen LogP contribution in [0.3, 0.4) is 0 Å². The van der Waals surface area contributed by atoms with Crippen LogP contribution in [0.5, 0.6) is 0 Å². The molecule has 3 rings (SSSR count). The molecule has 1 aromatic carbocycles. The molecule has 0 radical (unpaired) electrons. The van der Waals surface area contributed by atoms with Gasteiger partial charge in [-0.1, -0.05) is 12.1 Å². The third-order valence-corrected chi connectivity index (χ3v) is 4.95. The quantitative estimate of drug-likeness (QED) is 0.455. The molecule has 3 aromatic rings. The fraction of sp³-hybridized carbons (Fsp3) is 0.286. The van der Waals surface area contributed by atoms with Crippen molar-refractivity contribution >= 4 is 28.9 Å². The number of carbonyl (C=O) groups is 1. The lowest BCUT2D eigenvalue weighted by Gasteiger charge is -2.21. The molecule has 0 aliphatic carbocycles. The number of furan rings is 1. The number of hydrogen-bond donors (Lipinski definition) is 2. The predicted molar refractivity (Wildman–Crippen MR) is 116 cm³/mol. The summed E-state index contributed by atoms with van der Waals surface area (Å²) < 4.78 is 5.10. The van der Waals surface area contributed by atoms with E-state index in [1.165, 1.54) is 6.26 Å². The average Bonchev–Trinajstić information content (AvgIpc) is 3.38. The molecule has 29 heavy (non-hydrogen) atoms. The van der Waals surface area contributed by atoms with Gasteiger partial charge in [0.25, 0.3) is 5.91 Å². The number of aryl methyl sites for hydroxylation is 1. The maximum atomic E-state index is 12.0. The molecule has 0 saturated heterocycles. The molecule has 1 amide bonds. The molecule has 8 heteroatoms. The van der Waals surface area contributed by atoms with E-state index in [0.29, 0.717) is 18.8 Å². The van der Waals surface area contributed by atoms with Gasteiger partial charge in [0.2, 0.25) is 0 Å². The Bertz CT molecular complexity index is 948. The number of benzene rings is 1. The Kier molecular flexibility index (Phi) is 7.02. The van der Waals surface area contributed by atoms with Crippen molar-refractivity contribution in [3.8, 4) is 0 Å². The highest BCUT2D eigenvalue weighted by Crippen LogP contribution is 2.13. The highest BCUT2D eigenvalue weighted by atomic mass is 32.1. The number of guanidine groups is 1. The largest absolute Gasteiger partial charge is 0.459 e. The van der Waals surface area contributed by atoms with E-state index in [4.69, 9.17) is 9.41 Å². The van der Waals surface area contributed by atoms with Gasteiger partial charge >= 0.3 is 0 Å². The summed E-state index contributed by atoms with van der Waals surface area (Å²) in [5.41, 5.74) is 2.80. The fourth-order valence-corrected chi connectivity index (χ4v) is 3.33. The first kappa shape index (κ1) is 20.6. The maximum Gasteiger partial charge on any atom is 0.291 e. The zero-order chi connectivity index (χ0) is 20.6. The summed E-state index contributed by atoms with van der Waals surface area (Å²) in [4.78, 5) is 23.3. The van der Waals surface area contributed by atoms with Crippen LogP contribution in [0.25, 0.3) is 0 Å². The molecule has 0 fully saturated rings. The Balaban J connectivity index is 1.60. The van der Waals surface area contributed by atoms with Crippen LogP contribution in [0.1, 0.15) is 33.7 Å². The van der Waals surface area contributed by atoms with Crippen molar-refractivity contribution < 1.29 is 9.21 Å². The minimum absolute atomic E-state index is 0.269. The number of aliphatic imine (C=N–C) groups is 1. The first-order valence-electron chi connectivity index (χ1n) is 9.39. The van der Waals surface area contributed by atoms with Crippen LogP contribution < -0.4 is 10.6 Å². The van der Waals surface area contributed by atoms with Crippen LogP contribution in [-0.4, -0.2) is 35.3 Å². The number of aromatic nitrogens is 1. The molecule has 7 nitrogen and oxygen atoms in total. The van der Waals surface area contributed by atoms with Crippen LogP contribution in [0, 0.1) is 6.92 Å². The Morgan fingerprint density at radius 3 is 2.69 bits per heavy atom. The van der Waals surface area contributed by atoms with Crippen molar-refractivity contribution in [3.05, 3.63) is 70.1 Å². The molecule has 2 aromatic heterocycles. The Labute approximate surface area is 174 Å². The van der Waals surface area contributed by atoms with Crippen molar-refractivity contribution in [2.45, 2.75) is 26.9 Å². The lowest BCUT2D eigenvalue weighted by Crippen LogP contribution is -2.38. The second-order valence-electron chi connectivity index (χ2n) is 6.51. The van der Waals surface area contributed by atoms with Gasteiger partial charge in [0.1, 0.15) is 0 Å². The molecular weight excluding hydrogens is 386 g/mol. The van der Waals surface area contributed by atoms with Crippen molar-refractivity contribution in [2.24, 2.45) is 4.99 Å². The number of hydrogen-bond acceptors (Lipinski definition) is 5. The molecule has 0 saturated carbocycles. The molecule has 0 aliphatic heterocycles. The van der Waals surface area contributed by atoms with Gasteiger partial charge < -0.3 is 20.0 Å². The third-order valence-electron chi connectivity index (χ3n) is 4.13. The van der Waals surface area contributed by atoms with Gasteiger partial charge in [-0.05, 0) is 43.7 Å². The van der Waals surface area contributed by atoms with Crippen LogP contribution in [0.4, 0.5) is 5.69 Å². The van der Waals surface area contributed by atoms with Gasteiger partial charge in [0, 0.05) is 24.7 Å². The van der Waals surface area contributed by atoms with E-state index in [2.05, 4.69) is 25.9 Å². The van der Waals surface area contributed by atoms with Crippen molar-refractivity contribution in [2.75, 3.05) is 18.9 Å². The molecule has 2 heterocycles. The molecule has 0 bridgehead atoms. The molecule has 152 valence electrons. The van der Waals surface area contributed by atoms with Crippen LogP contribution in [-0.2, 0) is 13.1 Å². The number of carbonyl (C=O) groups excluding carboxylic acids is 1. The first-order valence-corrected chi connectivity index (χ1v) is 10.3. The second-order valence-corrected chi connectivity index (χ2v) is 7.57. The van der Waals surface area contributed by atoms with Crippen molar-refractivity contribution in [1.29, 1.82) is 0 Å². The highest BCUT2D eigenvalue weighted by molar-refractivity contribution is 7.09. The minimum Gasteiger partial charge on any atom is -0.459 e. The molecule has 2 N–H and O–H groups in total. The van der Waals surface area contributed by atoms with Crippen LogP contribution >= 0.6 is 11.3 Å². The summed E-state index contributed by atoms with van der Waals surface area (Å²) in [5.74, 6) is 0.842.